The van der Waals surface area contributed by atoms with Crippen molar-refractivity contribution in [2.75, 3.05) is 12.1 Å². The van der Waals surface area contributed by atoms with Crippen LogP contribution >= 0.6 is 0 Å². The lowest BCUT2D eigenvalue weighted by Gasteiger charge is -2.29. The smallest absolute Gasteiger partial charge is 0.251 e. The second-order valence-corrected chi connectivity index (χ2v) is 6.75. The Labute approximate surface area is 158 Å². The largest absolute Gasteiger partial charge is 0.454 e. The summed E-state index contributed by atoms with van der Waals surface area (Å²) in [7, 11) is 0. The molecule has 1 heterocycles. The van der Waals surface area contributed by atoms with Crippen molar-refractivity contribution in [2.24, 2.45) is 5.73 Å². The van der Waals surface area contributed by atoms with E-state index in [9.17, 15) is 18.0 Å². The number of amides is 1. The highest BCUT2D eigenvalue weighted by Gasteiger charge is 2.30. The zero-order valence-corrected chi connectivity index (χ0v) is 14.7. The molecule has 0 radical (unpaired) electrons. The van der Waals surface area contributed by atoms with Gasteiger partial charge in [0.05, 0.1) is 0 Å². The third-order valence-corrected chi connectivity index (χ3v) is 4.95. The summed E-state index contributed by atoms with van der Waals surface area (Å²) >= 11 is 0. The van der Waals surface area contributed by atoms with E-state index in [2.05, 4.69) is 5.32 Å². The predicted molar refractivity (Wildman–Crippen MR) is 95.5 cm³/mol. The van der Waals surface area contributed by atoms with Gasteiger partial charge in [-0.3, -0.25) is 4.79 Å². The van der Waals surface area contributed by atoms with Crippen LogP contribution in [-0.4, -0.2) is 18.7 Å². The number of benzene rings is 2. The van der Waals surface area contributed by atoms with Crippen LogP contribution < -0.4 is 20.5 Å². The minimum atomic E-state index is -1.25. The summed E-state index contributed by atoms with van der Waals surface area (Å²) < 4.78 is 51.2. The Kier molecular flexibility index (Phi) is 4.72. The molecule has 2 aromatic rings. The van der Waals surface area contributed by atoms with E-state index in [4.69, 9.17) is 15.2 Å². The molecule has 0 aromatic heterocycles. The van der Waals surface area contributed by atoms with Crippen molar-refractivity contribution in [3.05, 3.63) is 65.0 Å². The van der Waals surface area contributed by atoms with Crippen LogP contribution in [0.4, 0.5) is 18.9 Å². The molecule has 0 spiro atoms. The van der Waals surface area contributed by atoms with Gasteiger partial charge >= 0.3 is 0 Å². The number of anilines is 1. The number of ether oxygens (including phenoxy) is 2. The van der Waals surface area contributed by atoms with E-state index in [1.807, 2.05) is 0 Å². The van der Waals surface area contributed by atoms with Gasteiger partial charge in [0.25, 0.3) is 5.91 Å². The first-order chi connectivity index (χ1) is 13.4. The van der Waals surface area contributed by atoms with Crippen molar-refractivity contribution in [1.82, 2.24) is 0 Å². The number of rotatable bonds is 3. The molecule has 2 aromatic carbocycles. The SMILES string of the molecule is N[C@H]1CC(C(=O)Nc2ccc3c(c2)OCO3)=CC[C@@H]1c1cc(F)c(F)cc1F. The fourth-order valence-corrected chi connectivity index (χ4v) is 3.47. The summed E-state index contributed by atoms with van der Waals surface area (Å²) in [6.45, 7) is 0.134. The lowest BCUT2D eigenvalue weighted by molar-refractivity contribution is -0.113. The normalized spacial score (nSPS) is 20.6. The van der Waals surface area contributed by atoms with Gasteiger partial charge in [-0.2, -0.15) is 0 Å². The topological polar surface area (TPSA) is 73.6 Å². The number of hydrogen-bond donors (Lipinski definition) is 2. The van der Waals surface area contributed by atoms with Crippen LogP contribution in [-0.2, 0) is 4.79 Å². The number of carbonyl (C=O) groups excluding carboxylic acids is 1. The standard InChI is InChI=1S/C20H17F3N2O3/c21-14-8-16(23)15(22)7-13(14)12-3-1-10(5-17(12)24)20(26)25-11-2-4-18-19(6-11)28-9-27-18/h1-2,4,6-8,12,17H,3,5,9,24H2,(H,25,26)/t12-,17+/m1/s1. The number of nitrogens with one attached hydrogen (secondary N) is 1. The zero-order valence-electron chi connectivity index (χ0n) is 14.7. The minimum absolute atomic E-state index is 0.0119. The molecule has 4 rings (SSSR count). The Morgan fingerprint density at radius 3 is 2.57 bits per heavy atom. The number of nitrogens with two attached hydrogens (primary N) is 1. The molecule has 1 aliphatic heterocycles. The molecule has 3 N–H and O–H groups in total. The number of fused-ring (bicyclic) bond motifs is 1. The fourth-order valence-electron chi connectivity index (χ4n) is 3.47. The van der Waals surface area contributed by atoms with Crippen LogP contribution in [0.15, 0.2) is 42.0 Å². The van der Waals surface area contributed by atoms with Gasteiger partial charge in [-0.05, 0) is 36.6 Å². The summed E-state index contributed by atoms with van der Waals surface area (Å²) in [6, 6.07) is 5.78. The van der Waals surface area contributed by atoms with Gasteiger partial charge in [-0.1, -0.05) is 6.08 Å². The number of halogens is 3. The minimum Gasteiger partial charge on any atom is -0.454 e. The van der Waals surface area contributed by atoms with E-state index >= 15 is 0 Å². The predicted octanol–water partition coefficient (Wildman–Crippen LogP) is 3.60. The first kappa shape index (κ1) is 18.4. The van der Waals surface area contributed by atoms with E-state index in [0.717, 1.165) is 6.07 Å². The van der Waals surface area contributed by atoms with Crippen LogP contribution in [0.1, 0.15) is 24.3 Å². The highest BCUT2D eigenvalue weighted by Crippen LogP contribution is 2.36. The van der Waals surface area contributed by atoms with Crippen LogP contribution in [0, 0.1) is 17.5 Å². The van der Waals surface area contributed by atoms with Gasteiger partial charge in [-0.15, -0.1) is 0 Å². The van der Waals surface area contributed by atoms with Gasteiger partial charge in [-0.25, -0.2) is 13.2 Å². The second kappa shape index (κ2) is 7.20. The molecule has 2 atom stereocenters. The summed E-state index contributed by atoms with van der Waals surface area (Å²) in [5.41, 5.74) is 7.12. The Hall–Kier alpha value is -3.00. The maximum Gasteiger partial charge on any atom is 0.251 e. The number of carbonyl (C=O) groups is 1. The van der Waals surface area contributed by atoms with Crippen LogP contribution in [0.5, 0.6) is 11.5 Å². The third kappa shape index (κ3) is 3.43. The van der Waals surface area contributed by atoms with Crippen molar-refractivity contribution < 1.29 is 27.4 Å². The molecule has 0 bridgehead atoms. The van der Waals surface area contributed by atoms with Crippen molar-refractivity contribution >= 4 is 11.6 Å². The van der Waals surface area contributed by atoms with Crippen molar-refractivity contribution in [1.29, 1.82) is 0 Å². The maximum absolute atomic E-state index is 14.1. The van der Waals surface area contributed by atoms with Crippen LogP contribution in [0.2, 0.25) is 0 Å². The monoisotopic (exact) mass is 390 g/mol. The van der Waals surface area contributed by atoms with Crippen LogP contribution in [0.25, 0.3) is 0 Å². The molecule has 1 aliphatic carbocycles. The fraction of sp³-hybridized carbons (Fsp3) is 0.250. The molecule has 0 fully saturated rings. The second-order valence-electron chi connectivity index (χ2n) is 6.75. The number of hydrogen-bond acceptors (Lipinski definition) is 4. The van der Waals surface area contributed by atoms with Crippen molar-refractivity contribution in [3.8, 4) is 11.5 Å². The van der Waals surface area contributed by atoms with Gasteiger partial charge < -0.3 is 20.5 Å². The molecule has 5 nitrogen and oxygen atoms in total. The van der Waals surface area contributed by atoms with Gasteiger partial charge in [0.2, 0.25) is 6.79 Å². The molecule has 28 heavy (non-hydrogen) atoms. The lowest BCUT2D eigenvalue weighted by Crippen LogP contribution is -2.34. The van der Waals surface area contributed by atoms with E-state index in [1.54, 1.807) is 24.3 Å². The molecule has 0 saturated heterocycles. The molecule has 0 unspecified atom stereocenters. The summed E-state index contributed by atoms with van der Waals surface area (Å²) in [5.74, 6) is -2.95. The highest BCUT2D eigenvalue weighted by molar-refractivity contribution is 6.04. The molecule has 2 aliphatic rings. The summed E-state index contributed by atoms with van der Waals surface area (Å²) in [4.78, 5) is 12.5. The van der Waals surface area contributed by atoms with Gasteiger partial charge in [0.1, 0.15) is 5.82 Å². The van der Waals surface area contributed by atoms with E-state index < -0.39 is 29.4 Å². The molecule has 0 saturated carbocycles. The first-order valence-electron chi connectivity index (χ1n) is 8.72. The Morgan fingerprint density at radius 2 is 1.79 bits per heavy atom. The summed E-state index contributed by atoms with van der Waals surface area (Å²) in [6.07, 6.45) is 2.07. The van der Waals surface area contributed by atoms with E-state index in [0.29, 0.717) is 28.8 Å². The van der Waals surface area contributed by atoms with E-state index in [1.165, 1.54) is 0 Å². The zero-order chi connectivity index (χ0) is 19.8. The van der Waals surface area contributed by atoms with E-state index in [-0.39, 0.29) is 31.1 Å². The molecule has 146 valence electrons. The average Bonchev–Trinajstić information content (AvgIpc) is 3.12. The van der Waals surface area contributed by atoms with Crippen molar-refractivity contribution in [2.45, 2.75) is 24.8 Å². The Morgan fingerprint density at radius 1 is 1.04 bits per heavy atom. The lowest BCUT2D eigenvalue weighted by atomic mass is 9.80. The van der Waals surface area contributed by atoms with Gasteiger partial charge in [0.15, 0.2) is 23.1 Å². The highest BCUT2D eigenvalue weighted by atomic mass is 19.2. The maximum atomic E-state index is 14.1. The number of allylic oxidation sites excluding steroid dienone is 1. The van der Waals surface area contributed by atoms with Gasteiger partial charge in [0, 0.05) is 35.4 Å². The van der Waals surface area contributed by atoms with Crippen molar-refractivity contribution in [3.63, 3.8) is 0 Å². The average molecular weight is 390 g/mol. The molecule has 1 amide bonds. The molecular weight excluding hydrogens is 373 g/mol. The third-order valence-electron chi connectivity index (χ3n) is 4.95. The van der Waals surface area contributed by atoms with Crippen LogP contribution in [0.3, 0.4) is 0 Å². The first-order valence-corrected chi connectivity index (χ1v) is 8.72. The molecular formula is C20H17F3N2O3. The Bertz CT molecular complexity index is 977. The quantitative estimate of drug-likeness (QED) is 0.786. The summed E-state index contributed by atoms with van der Waals surface area (Å²) in [5, 5.41) is 2.76. The molecule has 8 heteroatoms. The Balaban J connectivity index is 1.49.